The van der Waals surface area contributed by atoms with Gasteiger partial charge in [0.2, 0.25) is 0 Å². The fourth-order valence-electron chi connectivity index (χ4n) is 2.11. The largest absolute Gasteiger partial charge is 0.397 e. The summed E-state index contributed by atoms with van der Waals surface area (Å²) in [5, 5.41) is 5.71. The smallest absolute Gasteiger partial charge is 0.0786 e. The molecule has 0 unspecified atom stereocenters. The van der Waals surface area contributed by atoms with E-state index in [0.29, 0.717) is 11.4 Å². The number of rotatable bonds is 2. The van der Waals surface area contributed by atoms with Crippen molar-refractivity contribution >= 4 is 33.5 Å². The van der Waals surface area contributed by atoms with E-state index in [1.165, 1.54) is 10.8 Å². The average molecular weight is 249 g/mol. The van der Waals surface area contributed by atoms with Crippen LogP contribution in [0.1, 0.15) is 0 Å². The third kappa shape index (κ3) is 2.18. The number of hydrogen-bond donors (Lipinski definition) is 3. The van der Waals surface area contributed by atoms with Crippen LogP contribution in [0.3, 0.4) is 0 Å². The van der Waals surface area contributed by atoms with Crippen molar-refractivity contribution < 1.29 is 0 Å². The van der Waals surface area contributed by atoms with Gasteiger partial charge >= 0.3 is 0 Å². The van der Waals surface area contributed by atoms with Crippen LogP contribution in [0.25, 0.3) is 10.8 Å². The second-order valence-electron chi connectivity index (χ2n) is 4.50. The lowest BCUT2D eigenvalue weighted by Gasteiger charge is -2.11. The Bertz CT molecular complexity index is 735. The fraction of sp³-hybridized carbons (Fsp3) is 0. The number of fused-ring (bicyclic) bond motifs is 1. The molecule has 0 aliphatic carbocycles. The van der Waals surface area contributed by atoms with Crippen molar-refractivity contribution in [1.29, 1.82) is 0 Å². The number of nitrogen functional groups attached to an aromatic ring is 2. The quantitative estimate of drug-likeness (QED) is 0.606. The summed E-state index contributed by atoms with van der Waals surface area (Å²) in [6.45, 7) is 0. The van der Waals surface area contributed by atoms with E-state index >= 15 is 0 Å². The lowest BCUT2D eigenvalue weighted by atomic mass is 10.1. The van der Waals surface area contributed by atoms with Gasteiger partial charge in [0.15, 0.2) is 0 Å². The number of hydrogen-bond acceptors (Lipinski definition) is 3. The van der Waals surface area contributed by atoms with Crippen molar-refractivity contribution in [3.8, 4) is 0 Å². The molecule has 0 amide bonds. The van der Waals surface area contributed by atoms with E-state index < -0.39 is 0 Å². The predicted molar refractivity (Wildman–Crippen MR) is 82.5 cm³/mol. The van der Waals surface area contributed by atoms with Crippen molar-refractivity contribution in [2.24, 2.45) is 0 Å². The number of nitrogens with one attached hydrogen (secondary N) is 1. The zero-order chi connectivity index (χ0) is 13.2. The summed E-state index contributed by atoms with van der Waals surface area (Å²) in [5.74, 6) is 0. The third-order valence-electron chi connectivity index (χ3n) is 3.17. The molecule has 94 valence electrons. The van der Waals surface area contributed by atoms with Crippen molar-refractivity contribution in [3.05, 3.63) is 60.7 Å². The fourth-order valence-corrected chi connectivity index (χ4v) is 2.11. The average Bonchev–Trinajstić information content (AvgIpc) is 2.44. The van der Waals surface area contributed by atoms with Crippen LogP contribution < -0.4 is 16.8 Å². The third-order valence-corrected chi connectivity index (χ3v) is 3.17. The minimum Gasteiger partial charge on any atom is -0.397 e. The maximum atomic E-state index is 5.96. The van der Waals surface area contributed by atoms with E-state index in [1.807, 2.05) is 30.3 Å². The summed E-state index contributed by atoms with van der Waals surface area (Å²) in [5.41, 5.74) is 14.7. The highest BCUT2D eigenvalue weighted by atomic mass is 14.9. The highest BCUT2D eigenvalue weighted by Gasteiger charge is 2.03. The van der Waals surface area contributed by atoms with Crippen LogP contribution in [0.4, 0.5) is 22.7 Å². The van der Waals surface area contributed by atoms with Gasteiger partial charge in [0, 0.05) is 5.69 Å². The summed E-state index contributed by atoms with van der Waals surface area (Å²) in [6.07, 6.45) is 0. The van der Waals surface area contributed by atoms with E-state index in [0.717, 1.165) is 11.4 Å². The Labute approximate surface area is 111 Å². The summed E-state index contributed by atoms with van der Waals surface area (Å²) in [4.78, 5) is 0. The highest BCUT2D eigenvalue weighted by molar-refractivity contribution is 5.88. The highest BCUT2D eigenvalue weighted by Crippen LogP contribution is 2.29. The Hall–Kier alpha value is -2.68. The molecule has 0 spiro atoms. The van der Waals surface area contributed by atoms with Gasteiger partial charge in [0.1, 0.15) is 0 Å². The first-order chi connectivity index (χ1) is 9.24. The molecule has 0 fully saturated rings. The number of para-hydroxylation sites is 1. The second kappa shape index (κ2) is 4.53. The van der Waals surface area contributed by atoms with E-state index in [1.54, 1.807) is 6.07 Å². The Kier molecular flexibility index (Phi) is 2.72. The maximum absolute atomic E-state index is 5.96. The molecule has 3 rings (SSSR count). The van der Waals surface area contributed by atoms with Gasteiger partial charge in [0.05, 0.1) is 17.1 Å². The van der Waals surface area contributed by atoms with E-state index in [9.17, 15) is 0 Å². The Morgan fingerprint density at radius 2 is 1.53 bits per heavy atom. The first kappa shape index (κ1) is 11.4. The molecule has 0 atom stereocenters. The van der Waals surface area contributed by atoms with Crippen LogP contribution in [0.2, 0.25) is 0 Å². The molecule has 0 saturated carbocycles. The van der Waals surface area contributed by atoms with Gasteiger partial charge in [0.25, 0.3) is 0 Å². The first-order valence-electron chi connectivity index (χ1n) is 6.14. The van der Waals surface area contributed by atoms with E-state index in [2.05, 4.69) is 29.6 Å². The topological polar surface area (TPSA) is 64.1 Å². The number of nitrogens with two attached hydrogens (primary N) is 2. The minimum atomic E-state index is 0.579. The molecule has 0 aliphatic rings. The van der Waals surface area contributed by atoms with Crippen LogP contribution in [0.5, 0.6) is 0 Å². The summed E-state index contributed by atoms with van der Waals surface area (Å²) < 4.78 is 0. The molecule has 0 bridgehead atoms. The van der Waals surface area contributed by atoms with Gasteiger partial charge in [-0.25, -0.2) is 0 Å². The first-order valence-corrected chi connectivity index (χ1v) is 6.14. The molecule has 3 aromatic carbocycles. The van der Waals surface area contributed by atoms with Crippen LogP contribution in [0.15, 0.2) is 60.7 Å². The molecule has 0 saturated heterocycles. The van der Waals surface area contributed by atoms with Gasteiger partial charge in [-0.3, -0.25) is 0 Å². The normalized spacial score (nSPS) is 10.5. The number of anilines is 4. The van der Waals surface area contributed by atoms with Crippen molar-refractivity contribution in [2.75, 3.05) is 16.8 Å². The number of benzene rings is 3. The summed E-state index contributed by atoms with van der Waals surface area (Å²) in [7, 11) is 0. The maximum Gasteiger partial charge on any atom is 0.0786 e. The van der Waals surface area contributed by atoms with Crippen molar-refractivity contribution in [2.45, 2.75) is 0 Å². The molecule has 0 radical (unpaired) electrons. The molecule has 0 heterocycles. The van der Waals surface area contributed by atoms with E-state index in [4.69, 9.17) is 11.5 Å². The molecule has 19 heavy (non-hydrogen) atoms. The SMILES string of the molecule is Nc1cccc(Nc2ccc3ccccc3c2)c1N. The molecule has 0 aliphatic heterocycles. The lowest BCUT2D eigenvalue weighted by Crippen LogP contribution is -2.00. The minimum absolute atomic E-state index is 0.579. The van der Waals surface area contributed by atoms with Gasteiger partial charge in [-0.15, -0.1) is 0 Å². The van der Waals surface area contributed by atoms with Crippen LogP contribution in [-0.4, -0.2) is 0 Å². The van der Waals surface area contributed by atoms with Crippen molar-refractivity contribution in [3.63, 3.8) is 0 Å². The lowest BCUT2D eigenvalue weighted by molar-refractivity contribution is 1.56. The zero-order valence-electron chi connectivity index (χ0n) is 10.4. The monoisotopic (exact) mass is 249 g/mol. The molecule has 0 aromatic heterocycles. The van der Waals surface area contributed by atoms with Crippen LogP contribution >= 0.6 is 0 Å². The molecule has 3 heteroatoms. The van der Waals surface area contributed by atoms with E-state index in [-0.39, 0.29) is 0 Å². The molecule has 3 aromatic rings. The van der Waals surface area contributed by atoms with Crippen LogP contribution in [0, 0.1) is 0 Å². The van der Waals surface area contributed by atoms with Gasteiger partial charge in [-0.05, 0) is 35.0 Å². The Morgan fingerprint density at radius 3 is 2.37 bits per heavy atom. The summed E-state index contributed by atoms with van der Waals surface area (Å²) in [6, 6.07) is 20.0. The molecule has 5 N–H and O–H groups in total. The van der Waals surface area contributed by atoms with Crippen LogP contribution in [-0.2, 0) is 0 Å². The Morgan fingerprint density at radius 1 is 0.737 bits per heavy atom. The standard InChI is InChI=1S/C16H15N3/c17-14-6-3-7-15(16(14)18)19-13-9-8-11-4-1-2-5-12(11)10-13/h1-10,19H,17-18H2. The molecular formula is C16H15N3. The predicted octanol–water partition coefficient (Wildman–Crippen LogP) is 3.75. The Balaban J connectivity index is 1.99. The van der Waals surface area contributed by atoms with Gasteiger partial charge in [-0.1, -0.05) is 36.4 Å². The van der Waals surface area contributed by atoms with Crippen molar-refractivity contribution in [1.82, 2.24) is 0 Å². The summed E-state index contributed by atoms with van der Waals surface area (Å²) >= 11 is 0. The molecule has 3 nitrogen and oxygen atoms in total. The van der Waals surface area contributed by atoms with Gasteiger partial charge < -0.3 is 16.8 Å². The second-order valence-corrected chi connectivity index (χ2v) is 4.50. The molecular weight excluding hydrogens is 234 g/mol. The zero-order valence-corrected chi connectivity index (χ0v) is 10.4. The van der Waals surface area contributed by atoms with Gasteiger partial charge in [-0.2, -0.15) is 0 Å².